The van der Waals surface area contributed by atoms with Gasteiger partial charge in [-0.15, -0.1) is 0 Å². The number of carbonyl (C=O) groups is 3. The van der Waals surface area contributed by atoms with E-state index in [4.69, 9.17) is 0 Å². The highest BCUT2D eigenvalue weighted by Crippen LogP contribution is 2.28. The number of amides is 3. The van der Waals surface area contributed by atoms with Crippen molar-refractivity contribution in [2.75, 3.05) is 10.6 Å². The third kappa shape index (κ3) is 5.29. The van der Waals surface area contributed by atoms with Gasteiger partial charge in [-0.05, 0) is 37.6 Å². The van der Waals surface area contributed by atoms with Crippen molar-refractivity contribution in [3.05, 3.63) is 59.7 Å². The molecule has 2 N–H and O–H groups in total. The average Bonchev–Trinajstić information content (AvgIpc) is 2.97. The van der Waals surface area contributed by atoms with Gasteiger partial charge in [0.15, 0.2) is 0 Å². The van der Waals surface area contributed by atoms with Gasteiger partial charge in [0.25, 0.3) is 5.91 Å². The number of carbonyl (C=O) groups excluding carboxylic acids is 3. The first-order valence-electron chi connectivity index (χ1n) is 8.91. The minimum Gasteiger partial charge on any atom is -0.326 e. The number of para-hydroxylation sites is 1. The van der Waals surface area contributed by atoms with Gasteiger partial charge in [0.05, 0.1) is 11.5 Å². The van der Waals surface area contributed by atoms with Gasteiger partial charge < -0.3 is 10.6 Å². The molecule has 1 aliphatic rings. The summed E-state index contributed by atoms with van der Waals surface area (Å²) in [5.41, 5.74) is 3.47. The zero-order valence-electron chi connectivity index (χ0n) is 15.7. The van der Waals surface area contributed by atoms with Gasteiger partial charge in [-0.1, -0.05) is 47.7 Å². The van der Waals surface area contributed by atoms with E-state index in [9.17, 15) is 14.4 Å². The van der Waals surface area contributed by atoms with Crippen LogP contribution in [0.3, 0.4) is 0 Å². The molecule has 0 saturated heterocycles. The second-order valence-electron chi connectivity index (χ2n) is 6.61. The Labute approximate surface area is 167 Å². The summed E-state index contributed by atoms with van der Waals surface area (Å²) in [4.78, 5) is 40.5. The van der Waals surface area contributed by atoms with E-state index >= 15 is 0 Å². The maximum Gasteiger partial charge on any atom is 0.260 e. The van der Waals surface area contributed by atoms with Crippen molar-refractivity contribution in [3.63, 3.8) is 0 Å². The molecule has 28 heavy (non-hydrogen) atoms. The summed E-state index contributed by atoms with van der Waals surface area (Å²) in [6.07, 6.45) is 0.0324. The Bertz CT molecular complexity index is 938. The number of hydrogen-bond acceptors (Lipinski definition) is 4. The predicted molar refractivity (Wildman–Crippen MR) is 113 cm³/mol. The smallest absolute Gasteiger partial charge is 0.260 e. The first kappa shape index (κ1) is 19.8. The van der Waals surface area contributed by atoms with Crippen molar-refractivity contribution in [2.45, 2.75) is 31.9 Å². The SMILES string of the molecule is Cc1ccc(NC(=O)CC2=NC(=O)[C@H](CC(=O)Nc3ccccc3C)S2)cc1. The summed E-state index contributed by atoms with van der Waals surface area (Å²) < 4.78 is 0. The Kier molecular flexibility index (Phi) is 6.26. The van der Waals surface area contributed by atoms with E-state index in [2.05, 4.69) is 15.6 Å². The topological polar surface area (TPSA) is 87.6 Å². The molecule has 3 amide bonds. The molecule has 0 bridgehead atoms. The normalized spacial score (nSPS) is 15.9. The second-order valence-corrected chi connectivity index (χ2v) is 7.88. The molecule has 2 aromatic carbocycles. The standard InChI is InChI=1S/C21H21N3O3S/c1-13-7-9-15(10-8-13)22-19(26)12-20-24-21(27)17(28-20)11-18(25)23-16-6-4-3-5-14(16)2/h3-10,17H,11-12H2,1-2H3,(H,22,26)(H,23,25)/t17-/m0/s1. The van der Waals surface area contributed by atoms with Crippen molar-refractivity contribution >= 4 is 45.9 Å². The van der Waals surface area contributed by atoms with Gasteiger partial charge in [0.1, 0.15) is 5.25 Å². The number of thioether (sulfide) groups is 1. The molecule has 0 unspecified atom stereocenters. The minimum atomic E-state index is -0.591. The van der Waals surface area contributed by atoms with Crippen molar-refractivity contribution in [1.82, 2.24) is 0 Å². The Morgan fingerprint density at radius 3 is 2.43 bits per heavy atom. The lowest BCUT2D eigenvalue weighted by Crippen LogP contribution is -2.21. The Morgan fingerprint density at radius 2 is 1.71 bits per heavy atom. The van der Waals surface area contributed by atoms with Crippen LogP contribution in [0.25, 0.3) is 0 Å². The summed E-state index contributed by atoms with van der Waals surface area (Å²) in [5.74, 6) is -0.864. The van der Waals surface area contributed by atoms with Crippen LogP contribution >= 0.6 is 11.8 Å². The summed E-state index contributed by atoms with van der Waals surface area (Å²) in [5, 5.41) is 5.44. The van der Waals surface area contributed by atoms with E-state index in [1.54, 1.807) is 0 Å². The lowest BCUT2D eigenvalue weighted by Gasteiger charge is -2.10. The van der Waals surface area contributed by atoms with E-state index in [1.165, 1.54) is 11.8 Å². The van der Waals surface area contributed by atoms with Crippen LogP contribution in [0.1, 0.15) is 24.0 Å². The van der Waals surface area contributed by atoms with Crippen molar-refractivity contribution in [3.8, 4) is 0 Å². The molecule has 1 heterocycles. The van der Waals surface area contributed by atoms with E-state index in [0.29, 0.717) is 10.7 Å². The number of nitrogens with zero attached hydrogens (tertiary/aromatic N) is 1. The average molecular weight is 395 g/mol. The Morgan fingerprint density at radius 1 is 1.00 bits per heavy atom. The van der Waals surface area contributed by atoms with Gasteiger partial charge in [0, 0.05) is 17.8 Å². The lowest BCUT2D eigenvalue weighted by molar-refractivity contribution is -0.121. The molecule has 0 spiro atoms. The molecule has 7 heteroatoms. The maximum absolute atomic E-state index is 12.3. The van der Waals surface area contributed by atoms with E-state index in [1.807, 2.05) is 62.4 Å². The molecule has 0 saturated carbocycles. The zero-order chi connectivity index (χ0) is 20.1. The van der Waals surface area contributed by atoms with Gasteiger partial charge in [0.2, 0.25) is 11.8 Å². The van der Waals surface area contributed by atoms with Crippen LogP contribution in [0.2, 0.25) is 0 Å². The van der Waals surface area contributed by atoms with Crippen molar-refractivity contribution in [1.29, 1.82) is 0 Å². The van der Waals surface area contributed by atoms with E-state index < -0.39 is 5.25 Å². The third-order valence-electron chi connectivity index (χ3n) is 4.23. The molecule has 144 valence electrons. The fourth-order valence-corrected chi connectivity index (χ4v) is 3.78. The van der Waals surface area contributed by atoms with E-state index in [0.717, 1.165) is 16.8 Å². The minimum absolute atomic E-state index is 0.0141. The van der Waals surface area contributed by atoms with Crippen LogP contribution in [-0.2, 0) is 14.4 Å². The summed E-state index contributed by atoms with van der Waals surface area (Å²) in [6, 6.07) is 14.9. The summed E-state index contributed by atoms with van der Waals surface area (Å²) in [6.45, 7) is 3.87. The number of anilines is 2. The third-order valence-corrected chi connectivity index (χ3v) is 5.39. The van der Waals surface area contributed by atoms with Crippen LogP contribution in [0, 0.1) is 13.8 Å². The first-order chi connectivity index (χ1) is 13.4. The van der Waals surface area contributed by atoms with Gasteiger partial charge >= 0.3 is 0 Å². The van der Waals surface area contributed by atoms with Crippen LogP contribution in [0.4, 0.5) is 11.4 Å². The number of nitrogens with one attached hydrogen (secondary N) is 2. The molecule has 0 fully saturated rings. The number of hydrogen-bond donors (Lipinski definition) is 2. The molecule has 0 radical (unpaired) electrons. The fourth-order valence-electron chi connectivity index (χ4n) is 2.71. The molecular formula is C21H21N3O3S. The monoisotopic (exact) mass is 395 g/mol. The van der Waals surface area contributed by atoms with E-state index in [-0.39, 0.29) is 30.6 Å². The van der Waals surface area contributed by atoms with Gasteiger partial charge in [-0.3, -0.25) is 14.4 Å². The zero-order valence-corrected chi connectivity index (χ0v) is 16.5. The number of aliphatic imine (C=N–C) groups is 1. The Balaban J connectivity index is 1.50. The van der Waals surface area contributed by atoms with Crippen LogP contribution in [0.5, 0.6) is 0 Å². The molecule has 1 atom stereocenters. The number of rotatable bonds is 6. The Hall–Kier alpha value is -2.93. The van der Waals surface area contributed by atoms with Crippen LogP contribution in [-0.4, -0.2) is 28.0 Å². The number of aryl methyl sites for hydroxylation is 2. The molecule has 0 aliphatic carbocycles. The lowest BCUT2D eigenvalue weighted by atomic mass is 10.2. The van der Waals surface area contributed by atoms with Crippen molar-refractivity contribution in [2.24, 2.45) is 4.99 Å². The molecular weight excluding hydrogens is 374 g/mol. The second kappa shape index (κ2) is 8.84. The maximum atomic E-state index is 12.3. The molecule has 3 rings (SSSR count). The highest BCUT2D eigenvalue weighted by Gasteiger charge is 2.31. The molecule has 2 aromatic rings. The van der Waals surface area contributed by atoms with Gasteiger partial charge in [-0.2, -0.15) is 0 Å². The first-order valence-corrected chi connectivity index (χ1v) is 9.79. The highest BCUT2D eigenvalue weighted by atomic mass is 32.2. The fraction of sp³-hybridized carbons (Fsp3) is 0.238. The highest BCUT2D eigenvalue weighted by molar-refractivity contribution is 8.15. The molecule has 6 nitrogen and oxygen atoms in total. The van der Waals surface area contributed by atoms with Gasteiger partial charge in [-0.25, -0.2) is 4.99 Å². The van der Waals surface area contributed by atoms with Crippen molar-refractivity contribution < 1.29 is 14.4 Å². The predicted octanol–water partition coefficient (Wildman–Crippen LogP) is 3.70. The molecule has 0 aromatic heterocycles. The summed E-state index contributed by atoms with van der Waals surface area (Å²) in [7, 11) is 0. The largest absolute Gasteiger partial charge is 0.326 e. The van der Waals surface area contributed by atoms with Crippen LogP contribution in [0.15, 0.2) is 53.5 Å². The molecule has 1 aliphatic heterocycles. The quantitative estimate of drug-likeness (QED) is 0.781. The summed E-state index contributed by atoms with van der Waals surface area (Å²) >= 11 is 1.18. The van der Waals surface area contributed by atoms with Crippen LogP contribution < -0.4 is 10.6 Å². The number of benzene rings is 2.